The van der Waals surface area contributed by atoms with Gasteiger partial charge in [0.1, 0.15) is 5.60 Å². The molecule has 0 fully saturated rings. The molecule has 0 unspecified atom stereocenters. The molecular weight excluding hydrogens is 404 g/mol. The van der Waals surface area contributed by atoms with Gasteiger partial charge in [0.2, 0.25) is 0 Å². The third-order valence-corrected chi connectivity index (χ3v) is 4.32. The van der Waals surface area contributed by atoms with Gasteiger partial charge in [0, 0.05) is 28.1 Å². The molecule has 0 spiro atoms. The van der Waals surface area contributed by atoms with Crippen molar-refractivity contribution in [3.8, 4) is 0 Å². The van der Waals surface area contributed by atoms with Crippen molar-refractivity contribution in [2.75, 3.05) is 38.7 Å². The second-order valence-electron chi connectivity index (χ2n) is 10.4. The second kappa shape index (κ2) is 11.2. The SMILES string of the molecule is CC(C)(CNC(=O)OC(C)(C)C)COCC(C)(C)COCCc1cc(N)cc(Cl)c1. The van der Waals surface area contributed by atoms with E-state index in [1.54, 1.807) is 6.07 Å². The van der Waals surface area contributed by atoms with E-state index in [9.17, 15) is 4.79 Å². The average Bonchev–Trinajstić information content (AvgIpc) is 2.54. The Morgan fingerprint density at radius 1 is 0.967 bits per heavy atom. The largest absolute Gasteiger partial charge is 0.444 e. The molecule has 1 amide bonds. The van der Waals surface area contributed by atoms with E-state index in [1.807, 2.05) is 46.8 Å². The molecule has 0 saturated carbocycles. The Hall–Kier alpha value is -1.50. The summed E-state index contributed by atoms with van der Waals surface area (Å²) in [5, 5.41) is 3.45. The molecule has 0 saturated heterocycles. The van der Waals surface area contributed by atoms with Crippen LogP contribution in [0.2, 0.25) is 5.02 Å². The summed E-state index contributed by atoms with van der Waals surface area (Å²) in [6.07, 6.45) is 0.344. The van der Waals surface area contributed by atoms with Crippen molar-refractivity contribution in [2.24, 2.45) is 10.8 Å². The minimum absolute atomic E-state index is 0.123. The highest BCUT2D eigenvalue weighted by Crippen LogP contribution is 2.21. The predicted molar refractivity (Wildman–Crippen MR) is 123 cm³/mol. The molecule has 0 aliphatic carbocycles. The number of halogens is 1. The van der Waals surface area contributed by atoms with Crippen LogP contribution >= 0.6 is 11.6 Å². The Bertz CT molecular complexity index is 664. The van der Waals surface area contributed by atoms with Crippen molar-refractivity contribution in [1.82, 2.24) is 5.32 Å². The van der Waals surface area contributed by atoms with Crippen LogP contribution in [-0.2, 0) is 20.6 Å². The van der Waals surface area contributed by atoms with E-state index in [0.29, 0.717) is 43.7 Å². The third kappa shape index (κ3) is 12.3. The molecule has 0 bridgehead atoms. The number of carbonyl (C=O) groups excluding carboxylic acids is 1. The smallest absolute Gasteiger partial charge is 0.407 e. The Balaban J connectivity index is 2.28. The first kappa shape index (κ1) is 26.5. The lowest BCUT2D eigenvalue weighted by Crippen LogP contribution is -2.40. The van der Waals surface area contributed by atoms with Gasteiger partial charge in [-0.2, -0.15) is 0 Å². The Kier molecular flexibility index (Phi) is 9.92. The summed E-state index contributed by atoms with van der Waals surface area (Å²) in [6.45, 7) is 16.6. The van der Waals surface area contributed by atoms with Crippen molar-refractivity contribution in [1.29, 1.82) is 0 Å². The number of nitrogens with two attached hydrogens (primary N) is 1. The molecule has 1 rings (SSSR count). The van der Waals surface area contributed by atoms with Gasteiger partial charge in [-0.1, -0.05) is 39.3 Å². The van der Waals surface area contributed by atoms with Gasteiger partial charge in [0.25, 0.3) is 0 Å². The summed E-state index contributed by atoms with van der Waals surface area (Å²) in [5.41, 5.74) is 6.70. The van der Waals surface area contributed by atoms with E-state index in [0.717, 1.165) is 12.0 Å². The molecule has 0 heterocycles. The van der Waals surface area contributed by atoms with Crippen molar-refractivity contribution < 1.29 is 19.0 Å². The van der Waals surface area contributed by atoms with Crippen molar-refractivity contribution in [3.05, 3.63) is 28.8 Å². The summed E-state index contributed by atoms with van der Waals surface area (Å²) < 4.78 is 17.1. The van der Waals surface area contributed by atoms with E-state index >= 15 is 0 Å². The molecule has 0 aliphatic rings. The van der Waals surface area contributed by atoms with E-state index < -0.39 is 11.7 Å². The average molecular weight is 443 g/mol. The molecule has 3 N–H and O–H groups in total. The Morgan fingerprint density at radius 3 is 2.17 bits per heavy atom. The fraction of sp³-hybridized carbons (Fsp3) is 0.696. The number of hydrogen-bond acceptors (Lipinski definition) is 5. The third-order valence-electron chi connectivity index (χ3n) is 4.10. The number of nitrogen functional groups attached to an aromatic ring is 1. The normalized spacial score (nSPS) is 12.7. The molecule has 7 heteroatoms. The van der Waals surface area contributed by atoms with E-state index in [1.165, 1.54) is 0 Å². The second-order valence-corrected chi connectivity index (χ2v) is 10.8. The van der Waals surface area contributed by atoms with Gasteiger partial charge >= 0.3 is 6.09 Å². The van der Waals surface area contributed by atoms with E-state index in [-0.39, 0.29) is 10.8 Å². The van der Waals surface area contributed by atoms with Gasteiger partial charge in [-0.3, -0.25) is 0 Å². The zero-order chi connectivity index (χ0) is 23.0. The predicted octanol–water partition coefficient (Wildman–Crippen LogP) is 5.08. The number of alkyl carbamates (subject to hydrolysis) is 1. The first-order valence-electron chi connectivity index (χ1n) is 10.3. The summed E-state index contributed by atoms with van der Waals surface area (Å²) in [6, 6.07) is 5.55. The van der Waals surface area contributed by atoms with Gasteiger partial charge in [-0.25, -0.2) is 4.79 Å². The monoisotopic (exact) mass is 442 g/mol. The zero-order valence-corrected chi connectivity index (χ0v) is 20.3. The van der Waals surface area contributed by atoms with Crippen LogP contribution in [0.25, 0.3) is 0 Å². The van der Waals surface area contributed by atoms with Crippen molar-refractivity contribution in [3.63, 3.8) is 0 Å². The topological polar surface area (TPSA) is 82.8 Å². The lowest BCUT2D eigenvalue weighted by Gasteiger charge is -2.29. The van der Waals surface area contributed by atoms with Crippen LogP contribution in [0.5, 0.6) is 0 Å². The number of carbonyl (C=O) groups is 1. The number of nitrogens with one attached hydrogen (secondary N) is 1. The van der Waals surface area contributed by atoms with Crippen LogP contribution in [0.4, 0.5) is 10.5 Å². The summed E-state index contributed by atoms with van der Waals surface area (Å²) >= 11 is 6.03. The quantitative estimate of drug-likeness (QED) is 0.369. The van der Waals surface area contributed by atoms with Crippen LogP contribution < -0.4 is 11.1 Å². The minimum Gasteiger partial charge on any atom is -0.444 e. The molecule has 1 aromatic rings. The highest BCUT2D eigenvalue weighted by Gasteiger charge is 2.24. The fourth-order valence-electron chi connectivity index (χ4n) is 2.68. The number of anilines is 1. The first-order valence-corrected chi connectivity index (χ1v) is 10.7. The van der Waals surface area contributed by atoms with Crippen LogP contribution in [0, 0.1) is 10.8 Å². The first-order chi connectivity index (χ1) is 13.7. The van der Waals surface area contributed by atoms with Crippen LogP contribution in [0.1, 0.15) is 54.0 Å². The number of rotatable bonds is 11. The maximum Gasteiger partial charge on any atom is 0.407 e. The van der Waals surface area contributed by atoms with E-state index in [2.05, 4.69) is 19.2 Å². The molecule has 0 aromatic heterocycles. The lowest BCUT2D eigenvalue weighted by molar-refractivity contribution is -0.0249. The van der Waals surface area contributed by atoms with Crippen molar-refractivity contribution in [2.45, 2.75) is 60.5 Å². The van der Waals surface area contributed by atoms with Gasteiger partial charge in [0.05, 0.1) is 26.4 Å². The van der Waals surface area contributed by atoms with Crippen LogP contribution in [-0.4, -0.2) is 44.7 Å². The molecule has 1 aromatic carbocycles. The number of ether oxygens (including phenoxy) is 3. The Morgan fingerprint density at radius 2 is 1.57 bits per heavy atom. The molecular formula is C23H39ClN2O4. The number of benzene rings is 1. The molecule has 172 valence electrons. The van der Waals surface area contributed by atoms with Gasteiger partial charge in [0.15, 0.2) is 0 Å². The summed E-state index contributed by atoms with van der Waals surface area (Å²) in [4.78, 5) is 11.8. The fourth-order valence-corrected chi connectivity index (χ4v) is 2.95. The molecule has 6 nitrogen and oxygen atoms in total. The maximum atomic E-state index is 11.8. The molecule has 0 radical (unpaired) electrons. The Labute approximate surface area is 186 Å². The van der Waals surface area contributed by atoms with Gasteiger partial charge in [-0.05, 0) is 51.0 Å². The minimum atomic E-state index is -0.506. The molecule has 0 atom stereocenters. The highest BCUT2D eigenvalue weighted by atomic mass is 35.5. The zero-order valence-electron chi connectivity index (χ0n) is 19.6. The van der Waals surface area contributed by atoms with Crippen LogP contribution in [0.15, 0.2) is 18.2 Å². The highest BCUT2D eigenvalue weighted by molar-refractivity contribution is 6.30. The number of amides is 1. The van der Waals surface area contributed by atoms with Crippen molar-refractivity contribution >= 4 is 23.4 Å². The maximum absolute atomic E-state index is 11.8. The van der Waals surface area contributed by atoms with Crippen LogP contribution in [0.3, 0.4) is 0 Å². The lowest BCUT2D eigenvalue weighted by atomic mass is 9.93. The standard InChI is InChI=1S/C23H39ClN2O4/c1-21(2,3)30-20(27)26-13-22(4,5)14-29-16-23(6,7)15-28-9-8-17-10-18(24)12-19(25)11-17/h10-12H,8-9,13-16,25H2,1-7H3,(H,26,27). The number of hydrogen-bond donors (Lipinski definition) is 2. The van der Waals surface area contributed by atoms with Gasteiger partial charge in [-0.15, -0.1) is 0 Å². The summed E-state index contributed by atoms with van der Waals surface area (Å²) in [5.74, 6) is 0. The molecule has 0 aliphatic heterocycles. The van der Waals surface area contributed by atoms with E-state index in [4.69, 9.17) is 31.5 Å². The molecule has 30 heavy (non-hydrogen) atoms. The summed E-state index contributed by atoms with van der Waals surface area (Å²) in [7, 11) is 0. The van der Waals surface area contributed by atoms with Gasteiger partial charge < -0.3 is 25.3 Å².